The van der Waals surface area contributed by atoms with Gasteiger partial charge in [0, 0.05) is 6.04 Å². The fourth-order valence-corrected chi connectivity index (χ4v) is 4.68. The number of rotatable bonds is 9. The van der Waals surface area contributed by atoms with Crippen LogP contribution in [0.2, 0.25) is 0 Å². The van der Waals surface area contributed by atoms with Gasteiger partial charge in [0.2, 0.25) is 15.7 Å². The van der Waals surface area contributed by atoms with Crippen molar-refractivity contribution >= 4 is 21.4 Å². The van der Waals surface area contributed by atoms with E-state index in [9.17, 15) is 13.2 Å². The van der Waals surface area contributed by atoms with E-state index < -0.39 is 9.84 Å². The third kappa shape index (κ3) is 5.73. The van der Waals surface area contributed by atoms with Crippen molar-refractivity contribution < 1.29 is 17.9 Å². The molecule has 0 fully saturated rings. The van der Waals surface area contributed by atoms with Crippen molar-refractivity contribution in [3.05, 3.63) is 48.5 Å². The van der Waals surface area contributed by atoms with Crippen molar-refractivity contribution in [1.29, 1.82) is 0 Å². The van der Waals surface area contributed by atoms with Gasteiger partial charge in [0.25, 0.3) is 0 Å². The normalized spacial score (nSPS) is 11.7. The number of carbonyl (C=O) groups is 1. The number of para-hydroxylation sites is 1. The first-order chi connectivity index (χ1) is 13.7. The lowest BCUT2D eigenvalue weighted by Gasteiger charge is -2.26. The third-order valence-electron chi connectivity index (χ3n) is 4.75. The Morgan fingerprint density at radius 2 is 1.55 bits per heavy atom. The minimum absolute atomic E-state index is 0.00884. The van der Waals surface area contributed by atoms with Crippen LogP contribution in [-0.4, -0.2) is 34.0 Å². The average molecular weight is 419 g/mol. The molecule has 2 aromatic rings. The summed E-state index contributed by atoms with van der Waals surface area (Å²) in [7, 11) is -2.22. The number of nitrogens with one attached hydrogen (secondary N) is 2. The molecule has 2 rings (SSSR count). The summed E-state index contributed by atoms with van der Waals surface area (Å²) in [5.41, 5.74) is 0.393. The molecule has 0 spiro atoms. The third-order valence-corrected chi connectivity index (χ3v) is 6.58. The second kappa shape index (κ2) is 9.78. The largest absolute Gasteiger partial charge is 0.497 e. The van der Waals surface area contributed by atoms with E-state index in [0.717, 1.165) is 0 Å². The molecule has 1 amide bonds. The average Bonchev–Trinajstić information content (AvgIpc) is 2.70. The number of carbonyl (C=O) groups excluding carboxylic acids is 1. The van der Waals surface area contributed by atoms with Gasteiger partial charge < -0.3 is 15.4 Å². The Morgan fingerprint density at radius 3 is 2.10 bits per heavy atom. The van der Waals surface area contributed by atoms with Crippen LogP contribution < -0.4 is 15.4 Å². The quantitative estimate of drug-likeness (QED) is 0.648. The number of hydrogen-bond donors (Lipinski definition) is 2. The highest BCUT2D eigenvalue weighted by Gasteiger charge is 2.23. The molecule has 0 aliphatic carbocycles. The second-order valence-electron chi connectivity index (χ2n) is 7.61. The highest BCUT2D eigenvalue weighted by atomic mass is 32.2. The Bertz CT molecular complexity index is 914. The molecule has 0 aliphatic rings. The fraction of sp³-hybridized carbons (Fsp3) is 0.409. The molecule has 2 N–H and O–H groups in total. The molecule has 2 aromatic carbocycles. The van der Waals surface area contributed by atoms with Crippen LogP contribution in [0, 0.1) is 11.8 Å². The summed E-state index contributed by atoms with van der Waals surface area (Å²) in [5.74, 6) is 1.02. The zero-order valence-corrected chi connectivity index (χ0v) is 18.4. The van der Waals surface area contributed by atoms with Crippen molar-refractivity contribution in [3.8, 4) is 5.75 Å². The Labute approximate surface area is 173 Å². The van der Waals surface area contributed by atoms with Gasteiger partial charge in [-0.1, -0.05) is 39.8 Å². The Balaban J connectivity index is 2.19. The van der Waals surface area contributed by atoms with Gasteiger partial charge in [-0.05, 0) is 48.2 Å². The first kappa shape index (κ1) is 22.7. The number of sulfone groups is 1. The lowest BCUT2D eigenvalue weighted by Crippen LogP contribution is -2.44. The van der Waals surface area contributed by atoms with Crippen LogP contribution in [-0.2, 0) is 14.6 Å². The van der Waals surface area contributed by atoms with Crippen molar-refractivity contribution in [2.45, 2.75) is 43.5 Å². The van der Waals surface area contributed by atoms with Crippen LogP contribution >= 0.6 is 0 Å². The predicted octanol–water partition coefficient (Wildman–Crippen LogP) is 3.74. The van der Waals surface area contributed by atoms with Crippen molar-refractivity contribution in [1.82, 2.24) is 5.32 Å². The molecule has 0 aromatic heterocycles. The van der Waals surface area contributed by atoms with E-state index in [1.54, 1.807) is 30.3 Å². The van der Waals surface area contributed by atoms with Gasteiger partial charge in [0.05, 0.1) is 29.1 Å². The van der Waals surface area contributed by atoms with Gasteiger partial charge >= 0.3 is 0 Å². The van der Waals surface area contributed by atoms with E-state index in [2.05, 4.69) is 38.3 Å². The van der Waals surface area contributed by atoms with E-state index >= 15 is 0 Å². The van der Waals surface area contributed by atoms with Gasteiger partial charge in [0.1, 0.15) is 5.75 Å². The van der Waals surface area contributed by atoms with Crippen LogP contribution in [0.5, 0.6) is 5.75 Å². The minimum Gasteiger partial charge on any atom is -0.497 e. The first-order valence-corrected chi connectivity index (χ1v) is 11.2. The van der Waals surface area contributed by atoms with Crippen LogP contribution in [0.1, 0.15) is 27.7 Å². The summed E-state index contributed by atoms with van der Waals surface area (Å²) in [6.45, 7) is 8.25. The summed E-state index contributed by atoms with van der Waals surface area (Å²) >= 11 is 0. The minimum atomic E-state index is -3.74. The molecule has 0 radical (unpaired) electrons. The molecule has 7 heteroatoms. The number of benzene rings is 2. The van der Waals surface area contributed by atoms with Crippen LogP contribution in [0.3, 0.4) is 0 Å². The van der Waals surface area contributed by atoms with E-state index in [4.69, 9.17) is 4.74 Å². The van der Waals surface area contributed by atoms with Crippen molar-refractivity contribution in [2.75, 3.05) is 19.0 Å². The van der Waals surface area contributed by atoms with E-state index in [-0.39, 0.29) is 28.3 Å². The number of methoxy groups -OCH3 is 1. The van der Waals surface area contributed by atoms with Gasteiger partial charge in [-0.25, -0.2) is 8.42 Å². The first-order valence-electron chi connectivity index (χ1n) is 9.68. The Hall–Kier alpha value is -2.54. The van der Waals surface area contributed by atoms with Crippen LogP contribution in [0.15, 0.2) is 58.3 Å². The molecule has 158 valence electrons. The topological polar surface area (TPSA) is 84.5 Å². The summed E-state index contributed by atoms with van der Waals surface area (Å²) < 4.78 is 31.2. The molecule has 0 heterocycles. The number of ether oxygens (including phenoxy) is 1. The SMILES string of the molecule is COc1ccc(S(=O)(=O)c2ccccc2NCC(=O)NC(C(C)C)C(C)C)cc1. The number of anilines is 1. The summed E-state index contributed by atoms with van der Waals surface area (Å²) in [6, 6.07) is 12.9. The molecular formula is C22H30N2O4S. The molecule has 29 heavy (non-hydrogen) atoms. The fourth-order valence-electron chi connectivity index (χ4n) is 3.24. The highest BCUT2D eigenvalue weighted by Crippen LogP contribution is 2.28. The zero-order chi connectivity index (χ0) is 21.6. The maximum atomic E-state index is 13.1. The Kier molecular flexibility index (Phi) is 7.67. The molecule has 0 atom stereocenters. The van der Waals surface area contributed by atoms with Gasteiger partial charge in [-0.2, -0.15) is 0 Å². The summed E-state index contributed by atoms with van der Waals surface area (Å²) in [4.78, 5) is 12.7. The van der Waals surface area contributed by atoms with E-state index in [1.165, 1.54) is 25.3 Å². The molecular weight excluding hydrogens is 388 g/mol. The van der Waals surface area contributed by atoms with E-state index in [1.807, 2.05) is 0 Å². The molecule has 0 saturated carbocycles. The maximum absolute atomic E-state index is 13.1. The van der Waals surface area contributed by atoms with Gasteiger partial charge in [-0.3, -0.25) is 4.79 Å². The molecule has 0 unspecified atom stereocenters. The lowest BCUT2D eigenvalue weighted by molar-refractivity contribution is -0.120. The second-order valence-corrected chi connectivity index (χ2v) is 9.53. The monoisotopic (exact) mass is 418 g/mol. The molecule has 0 bridgehead atoms. The van der Waals surface area contributed by atoms with Crippen molar-refractivity contribution in [3.63, 3.8) is 0 Å². The van der Waals surface area contributed by atoms with Crippen LogP contribution in [0.25, 0.3) is 0 Å². The number of hydrogen-bond acceptors (Lipinski definition) is 5. The summed E-state index contributed by atoms with van der Waals surface area (Å²) in [6.07, 6.45) is 0. The number of amides is 1. The van der Waals surface area contributed by atoms with Gasteiger partial charge in [-0.15, -0.1) is 0 Å². The zero-order valence-electron chi connectivity index (χ0n) is 17.6. The maximum Gasteiger partial charge on any atom is 0.239 e. The van der Waals surface area contributed by atoms with Crippen molar-refractivity contribution in [2.24, 2.45) is 11.8 Å². The smallest absolute Gasteiger partial charge is 0.239 e. The molecule has 0 aliphatic heterocycles. The lowest BCUT2D eigenvalue weighted by atomic mass is 9.93. The standard InChI is InChI=1S/C22H30N2O4S/c1-15(2)22(16(3)4)24-21(25)14-23-19-8-6-7-9-20(19)29(26,27)18-12-10-17(28-5)11-13-18/h6-13,15-16,22-23H,14H2,1-5H3,(H,24,25). The van der Waals surface area contributed by atoms with Gasteiger partial charge in [0.15, 0.2) is 0 Å². The molecule has 6 nitrogen and oxygen atoms in total. The Morgan fingerprint density at radius 1 is 0.966 bits per heavy atom. The highest BCUT2D eigenvalue weighted by molar-refractivity contribution is 7.91. The van der Waals surface area contributed by atoms with Crippen LogP contribution in [0.4, 0.5) is 5.69 Å². The molecule has 0 saturated heterocycles. The summed E-state index contributed by atoms with van der Waals surface area (Å²) in [5, 5.41) is 6.00. The predicted molar refractivity (Wildman–Crippen MR) is 115 cm³/mol. The van der Waals surface area contributed by atoms with E-state index in [0.29, 0.717) is 23.3 Å².